The number of methoxy groups -OCH3 is 1. The van der Waals surface area contributed by atoms with Gasteiger partial charge in [-0.1, -0.05) is 56.0 Å². The molecule has 2 aliphatic rings. The summed E-state index contributed by atoms with van der Waals surface area (Å²) in [5, 5.41) is 14.1. The van der Waals surface area contributed by atoms with Crippen LogP contribution in [0.4, 0.5) is 26.3 Å². The highest BCUT2D eigenvalue weighted by molar-refractivity contribution is 7.12. The summed E-state index contributed by atoms with van der Waals surface area (Å²) in [4.78, 5) is 85.2. The maximum Gasteiger partial charge on any atom is 0.573 e. The highest BCUT2D eigenvalue weighted by atomic mass is 35.5. The number of ether oxygens (including phenoxy) is 7. The van der Waals surface area contributed by atoms with Gasteiger partial charge in [0.15, 0.2) is 25.5 Å². The van der Waals surface area contributed by atoms with Crippen LogP contribution < -0.4 is 61.2 Å². The van der Waals surface area contributed by atoms with E-state index >= 15 is 0 Å². The van der Waals surface area contributed by atoms with Gasteiger partial charge in [0.2, 0.25) is 5.89 Å². The maximum absolute atomic E-state index is 12.3. The molecule has 1 aliphatic heterocycles. The molecule has 2 atom stereocenters. The number of nitrogens with zero attached hydrogens (tertiary/aromatic N) is 3. The molecule has 9 rings (SSSR count). The Bertz CT molecular complexity index is 3620. The summed E-state index contributed by atoms with van der Waals surface area (Å²) < 4.78 is 113. The molecule has 8 N–H and O–H groups in total. The van der Waals surface area contributed by atoms with Crippen LogP contribution in [0, 0.1) is 5.92 Å². The average Bonchev–Trinajstić information content (AvgIpc) is 1.69. The van der Waals surface area contributed by atoms with Crippen LogP contribution in [0.3, 0.4) is 0 Å². The third kappa shape index (κ3) is 24.4. The number of amides is 6. The number of hydrogen-bond acceptors (Lipinski definition) is 19. The minimum absolute atomic E-state index is 0.0163. The molecule has 0 spiro atoms. The number of carbonyl (C=O) groups excluding carboxylic acids is 6. The molecule has 1 aliphatic carbocycles. The lowest BCUT2D eigenvalue weighted by Crippen LogP contribution is -2.28. The van der Waals surface area contributed by atoms with Crippen molar-refractivity contribution >= 4 is 69.7 Å². The van der Waals surface area contributed by atoms with Crippen molar-refractivity contribution in [3.05, 3.63) is 157 Å². The largest absolute Gasteiger partial charge is 0.573 e. The van der Waals surface area contributed by atoms with Crippen molar-refractivity contribution < 1.29 is 92.7 Å². The topological polar surface area (TPSA) is 319 Å². The first-order chi connectivity index (χ1) is 44.9. The standard InChI is InChI=1S/C22H26F3N3O5.C21H20ClN3O4S.C19H20F3N3O5S/c1-13(14-5-3-2-4-6-14)20-19(21(26)30)28-18(32-20)11-27-17(29)12-31-15-7-9-16(10-8-15)33-22(23,24)25;1-28-18-5-3-2-4-14(18)10-24-21(27)17-13-30-20(25-17)11-23-19(26)12-29-16-8-6-15(22)7-9-16;20-19(21,22)30-12-5-3-11(4-6-12)29-10-15(26)24-9-16-25-17(18(23)27)14(31-16)8-13-2-1-7-28-13/h7-10,13-14H,2-6,11-12H2,1H3,(H2,26,30)(H,27,29);2-9,13H,10-12H2,1H3,(H,23,26)(H,24,27);3-6,13H,1-2,7-10H2,(H2,23,27)(H,24,26)/t13-;;/m0../s1. The summed E-state index contributed by atoms with van der Waals surface area (Å²) in [6.07, 6.45) is -1.55. The molecular formula is C62H66ClF6N9O14S2. The summed E-state index contributed by atoms with van der Waals surface area (Å²) in [6, 6.07) is 23.5. The molecule has 94 heavy (non-hydrogen) atoms. The maximum atomic E-state index is 12.3. The smallest absolute Gasteiger partial charge is 0.496 e. The molecule has 2 fully saturated rings. The number of halogens is 7. The van der Waals surface area contributed by atoms with Gasteiger partial charge in [-0.2, -0.15) is 0 Å². The zero-order valence-electron chi connectivity index (χ0n) is 50.5. The number of nitrogens with one attached hydrogen (secondary N) is 4. The van der Waals surface area contributed by atoms with Crippen LogP contribution in [-0.2, 0) is 51.7 Å². The molecule has 1 saturated heterocycles. The third-order valence-corrected chi connectivity index (χ3v) is 16.1. The lowest BCUT2D eigenvalue weighted by atomic mass is 9.79. The van der Waals surface area contributed by atoms with Crippen molar-refractivity contribution in [2.45, 2.75) is 109 Å². The zero-order valence-corrected chi connectivity index (χ0v) is 52.9. The van der Waals surface area contributed by atoms with E-state index in [0.717, 1.165) is 73.2 Å². The number of rotatable bonds is 27. The van der Waals surface area contributed by atoms with Gasteiger partial charge in [0, 0.05) is 46.3 Å². The number of aromatic nitrogens is 3. The predicted octanol–water partition coefficient (Wildman–Crippen LogP) is 10.0. The Kier molecular flexibility index (Phi) is 27.0. The Balaban J connectivity index is 0.000000200. The molecule has 4 heterocycles. The van der Waals surface area contributed by atoms with Crippen LogP contribution in [-0.4, -0.2) is 103 Å². The molecule has 1 saturated carbocycles. The average molecular weight is 1370 g/mol. The van der Waals surface area contributed by atoms with E-state index < -0.39 is 47.9 Å². The van der Waals surface area contributed by atoms with Crippen molar-refractivity contribution in [1.29, 1.82) is 0 Å². The molecule has 23 nitrogen and oxygen atoms in total. The van der Waals surface area contributed by atoms with Crippen LogP contribution in [0.15, 0.2) is 107 Å². The highest BCUT2D eigenvalue weighted by Crippen LogP contribution is 2.38. The summed E-state index contributed by atoms with van der Waals surface area (Å²) in [5.41, 5.74) is 12.3. The molecular weight excluding hydrogens is 1310 g/mol. The second-order valence-electron chi connectivity index (χ2n) is 20.8. The van der Waals surface area contributed by atoms with Crippen molar-refractivity contribution in [2.75, 3.05) is 33.5 Å². The monoisotopic (exact) mass is 1370 g/mol. The van der Waals surface area contributed by atoms with Crippen molar-refractivity contribution in [3.8, 4) is 34.5 Å². The van der Waals surface area contributed by atoms with Gasteiger partial charge in [-0.05, 0) is 110 Å². The molecule has 7 aromatic rings. The number of para-hydroxylation sites is 1. The van der Waals surface area contributed by atoms with Gasteiger partial charge in [0.1, 0.15) is 61.7 Å². The fourth-order valence-electron chi connectivity index (χ4n) is 9.35. The zero-order chi connectivity index (χ0) is 67.8. The van der Waals surface area contributed by atoms with Crippen molar-refractivity contribution in [3.63, 3.8) is 0 Å². The molecule has 504 valence electrons. The van der Waals surface area contributed by atoms with Gasteiger partial charge < -0.3 is 70.3 Å². The molecule has 1 unspecified atom stereocenters. The predicted molar refractivity (Wildman–Crippen MR) is 329 cm³/mol. The normalized spacial score (nSPS) is 14.1. The first kappa shape index (κ1) is 72.2. The number of alkyl halides is 6. The van der Waals surface area contributed by atoms with E-state index in [-0.39, 0.29) is 92.1 Å². The van der Waals surface area contributed by atoms with Gasteiger partial charge in [0.05, 0.1) is 32.8 Å². The Morgan fingerprint density at radius 2 is 1.15 bits per heavy atom. The number of nitrogens with two attached hydrogens (primary N) is 2. The fraction of sp³-hybridized carbons (Fsp3) is 0.371. The summed E-state index contributed by atoms with van der Waals surface area (Å²) in [5.74, 6) is -1.04. The number of carbonyl (C=O) groups is 6. The summed E-state index contributed by atoms with van der Waals surface area (Å²) in [7, 11) is 1.59. The number of hydrogen-bond donors (Lipinski definition) is 6. The lowest BCUT2D eigenvalue weighted by Gasteiger charge is -2.26. The van der Waals surface area contributed by atoms with Crippen LogP contribution >= 0.6 is 34.3 Å². The van der Waals surface area contributed by atoms with Gasteiger partial charge >= 0.3 is 12.7 Å². The summed E-state index contributed by atoms with van der Waals surface area (Å²) >= 11 is 8.39. The number of primary amides is 2. The molecule has 3 aromatic heterocycles. The second-order valence-corrected chi connectivity index (χ2v) is 23.3. The number of thiazole rings is 2. The lowest BCUT2D eigenvalue weighted by molar-refractivity contribution is -0.275. The first-order valence-corrected chi connectivity index (χ1v) is 31.1. The second kappa shape index (κ2) is 35.2. The molecule has 32 heteroatoms. The van der Waals surface area contributed by atoms with Gasteiger partial charge in [-0.15, -0.1) is 49.0 Å². The number of benzene rings is 4. The Morgan fingerprint density at radius 3 is 1.67 bits per heavy atom. The Morgan fingerprint density at radius 1 is 0.628 bits per heavy atom. The van der Waals surface area contributed by atoms with E-state index in [1.807, 2.05) is 31.2 Å². The van der Waals surface area contributed by atoms with E-state index in [9.17, 15) is 55.1 Å². The first-order valence-electron chi connectivity index (χ1n) is 29.1. The molecule has 0 bridgehead atoms. The van der Waals surface area contributed by atoms with Gasteiger partial charge in [0.25, 0.3) is 35.4 Å². The van der Waals surface area contributed by atoms with E-state index in [2.05, 4.69) is 45.7 Å². The van der Waals surface area contributed by atoms with E-state index in [4.69, 9.17) is 51.2 Å². The SMILES string of the molecule is COc1ccccc1CNC(=O)c1csc(CNC(=O)COc2ccc(Cl)cc2)n1.C[C@H](c1oc(CNC(=O)COc2ccc(OC(F)(F)F)cc2)nc1C(N)=O)C1CCCCC1.NC(=O)c1nc(CNC(=O)COc2ccc(OC(F)(F)F)cc2)sc1CC1CCCO1. The summed E-state index contributed by atoms with van der Waals surface area (Å²) in [6.45, 7) is 2.38. The number of oxazole rings is 1. The van der Waals surface area contributed by atoms with E-state index in [1.54, 1.807) is 36.8 Å². The van der Waals surface area contributed by atoms with E-state index in [1.165, 1.54) is 53.4 Å². The fourth-order valence-corrected chi connectivity index (χ4v) is 11.3. The molecule has 4 aromatic carbocycles. The van der Waals surface area contributed by atoms with E-state index in [0.29, 0.717) is 63.5 Å². The quantitative estimate of drug-likeness (QED) is 0.0261. The third-order valence-electron chi connectivity index (χ3n) is 13.9. The highest BCUT2D eigenvalue weighted by Gasteiger charge is 2.33. The van der Waals surface area contributed by atoms with Crippen LogP contribution in [0.25, 0.3) is 0 Å². The van der Waals surface area contributed by atoms with Crippen LogP contribution in [0.5, 0.6) is 34.5 Å². The Hall–Kier alpha value is -9.20. The Labute approximate surface area is 547 Å². The van der Waals surface area contributed by atoms with Crippen LogP contribution in [0.2, 0.25) is 5.02 Å². The van der Waals surface area contributed by atoms with Gasteiger partial charge in [-0.25, -0.2) is 15.0 Å². The van der Waals surface area contributed by atoms with Crippen LogP contribution in [0.1, 0.15) is 121 Å². The van der Waals surface area contributed by atoms with Crippen molar-refractivity contribution in [2.24, 2.45) is 17.4 Å². The van der Waals surface area contributed by atoms with Gasteiger partial charge in [-0.3, -0.25) is 28.8 Å². The van der Waals surface area contributed by atoms with Crippen molar-refractivity contribution in [1.82, 2.24) is 36.2 Å². The minimum atomic E-state index is -4.79. The molecule has 6 amide bonds. The minimum Gasteiger partial charge on any atom is -0.496 e. The molecule has 0 radical (unpaired) electrons.